The number of nitriles is 1. The minimum atomic E-state index is -0.471. The van der Waals surface area contributed by atoms with E-state index in [9.17, 15) is 10.1 Å². The molecule has 1 aromatic rings. The van der Waals surface area contributed by atoms with Crippen molar-refractivity contribution < 1.29 is 10.7 Å². The van der Waals surface area contributed by atoms with E-state index in [2.05, 4.69) is 5.73 Å². The van der Waals surface area contributed by atoms with Crippen molar-refractivity contribution in [1.29, 1.82) is 5.26 Å². The first kappa shape index (κ1) is 9.16. The maximum Gasteiger partial charge on any atom is 0.278 e. The highest BCUT2D eigenvalue weighted by atomic mass is 16.6. The highest BCUT2D eigenvalue weighted by Gasteiger charge is 2.13. The van der Waals surface area contributed by atoms with Crippen LogP contribution in [0.1, 0.15) is 11.1 Å². The summed E-state index contributed by atoms with van der Waals surface area (Å²) in [5, 5.41) is 19.0. The van der Waals surface area contributed by atoms with Crippen LogP contribution in [-0.4, -0.2) is 4.92 Å². The standard InChI is InChI=1S/C8H7N3O2/c9-4-6-1-2-8(11(12)13)7(3-6)5-10/h1-3H,5,10H2/p+1. The summed E-state index contributed by atoms with van der Waals surface area (Å²) in [6.07, 6.45) is 0. The molecule has 3 N–H and O–H groups in total. The summed E-state index contributed by atoms with van der Waals surface area (Å²) < 4.78 is 0. The van der Waals surface area contributed by atoms with Gasteiger partial charge in [0.2, 0.25) is 0 Å². The zero-order valence-corrected chi connectivity index (χ0v) is 6.86. The Bertz CT molecular complexity index is 381. The van der Waals surface area contributed by atoms with Gasteiger partial charge in [-0.3, -0.25) is 10.1 Å². The summed E-state index contributed by atoms with van der Waals surface area (Å²) >= 11 is 0. The smallest absolute Gasteiger partial charge is 0.278 e. The third-order valence-electron chi connectivity index (χ3n) is 1.67. The van der Waals surface area contributed by atoms with E-state index in [1.807, 2.05) is 6.07 Å². The zero-order chi connectivity index (χ0) is 9.84. The van der Waals surface area contributed by atoms with Gasteiger partial charge in [0.05, 0.1) is 22.1 Å². The molecular weight excluding hydrogens is 170 g/mol. The SMILES string of the molecule is N#Cc1ccc([N+](=O)[O-])c(C[NH3+])c1. The Morgan fingerprint density at radius 3 is 2.77 bits per heavy atom. The van der Waals surface area contributed by atoms with Crippen LogP contribution >= 0.6 is 0 Å². The van der Waals surface area contributed by atoms with Gasteiger partial charge in [0.15, 0.2) is 0 Å². The van der Waals surface area contributed by atoms with Crippen molar-refractivity contribution in [1.82, 2.24) is 0 Å². The number of nitro benzene ring substituents is 1. The molecule has 0 saturated heterocycles. The van der Waals surface area contributed by atoms with E-state index >= 15 is 0 Å². The molecule has 0 radical (unpaired) electrons. The number of benzene rings is 1. The Morgan fingerprint density at radius 2 is 2.31 bits per heavy atom. The fraction of sp³-hybridized carbons (Fsp3) is 0.125. The van der Waals surface area contributed by atoms with E-state index in [0.29, 0.717) is 17.7 Å². The predicted molar refractivity (Wildman–Crippen MR) is 44.4 cm³/mol. The molecule has 0 heterocycles. The Labute approximate surface area is 74.5 Å². The van der Waals surface area contributed by atoms with Crippen molar-refractivity contribution >= 4 is 5.69 Å². The van der Waals surface area contributed by atoms with Gasteiger partial charge in [0, 0.05) is 6.07 Å². The van der Waals surface area contributed by atoms with Crippen molar-refractivity contribution in [2.75, 3.05) is 0 Å². The van der Waals surface area contributed by atoms with Gasteiger partial charge in [0.25, 0.3) is 5.69 Å². The predicted octanol–water partition coefficient (Wildman–Crippen LogP) is 0.208. The monoisotopic (exact) mass is 178 g/mol. The fourth-order valence-electron chi connectivity index (χ4n) is 1.03. The van der Waals surface area contributed by atoms with Crippen LogP contribution in [-0.2, 0) is 6.54 Å². The van der Waals surface area contributed by atoms with Crippen LogP contribution in [0, 0.1) is 21.4 Å². The van der Waals surface area contributed by atoms with E-state index in [1.165, 1.54) is 18.2 Å². The molecule has 0 fully saturated rings. The van der Waals surface area contributed by atoms with E-state index in [4.69, 9.17) is 5.26 Å². The van der Waals surface area contributed by atoms with E-state index < -0.39 is 4.92 Å². The lowest BCUT2D eigenvalue weighted by Gasteiger charge is -1.97. The van der Waals surface area contributed by atoms with Crippen molar-refractivity contribution in [3.8, 4) is 6.07 Å². The molecule has 0 aliphatic rings. The van der Waals surface area contributed by atoms with Gasteiger partial charge < -0.3 is 5.73 Å². The molecule has 0 saturated carbocycles. The number of rotatable bonds is 2. The average Bonchev–Trinajstić information content (AvgIpc) is 2.16. The Kier molecular flexibility index (Phi) is 2.57. The summed E-state index contributed by atoms with van der Waals surface area (Å²) in [6, 6.07) is 6.17. The van der Waals surface area contributed by atoms with Gasteiger partial charge >= 0.3 is 0 Å². The van der Waals surface area contributed by atoms with Gasteiger partial charge in [-0.2, -0.15) is 5.26 Å². The molecule has 1 aromatic carbocycles. The third kappa shape index (κ3) is 1.80. The largest absolute Gasteiger partial charge is 0.354 e. The highest BCUT2D eigenvalue weighted by molar-refractivity contribution is 5.45. The molecule has 0 atom stereocenters. The molecule has 66 valence electrons. The number of quaternary nitrogens is 1. The third-order valence-corrected chi connectivity index (χ3v) is 1.67. The maximum absolute atomic E-state index is 10.5. The van der Waals surface area contributed by atoms with Crippen LogP contribution in [0.5, 0.6) is 0 Å². The van der Waals surface area contributed by atoms with Crippen molar-refractivity contribution in [2.24, 2.45) is 0 Å². The molecule has 0 aliphatic carbocycles. The lowest BCUT2D eigenvalue weighted by atomic mass is 10.1. The molecule has 0 bridgehead atoms. The van der Waals surface area contributed by atoms with Crippen LogP contribution in [0.3, 0.4) is 0 Å². The molecule has 5 nitrogen and oxygen atoms in total. The van der Waals surface area contributed by atoms with Crippen LogP contribution in [0.25, 0.3) is 0 Å². The summed E-state index contributed by atoms with van der Waals surface area (Å²) in [5.74, 6) is 0. The highest BCUT2D eigenvalue weighted by Crippen LogP contribution is 2.18. The summed E-state index contributed by atoms with van der Waals surface area (Å²) in [7, 11) is 0. The second-order valence-electron chi connectivity index (χ2n) is 2.46. The van der Waals surface area contributed by atoms with E-state index in [-0.39, 0.29) is 5.69 Å². The fourth-order valence-corrected chi connectivity index (χ4v) is 1.03. The lowest BCUT2D eigenvalue weighted by Crippen LogP contribution is -2.47. The molecule has 0 amide bonds. The summed E-state index contributed by atoms with van der Waals surface area (Å²) in [5.41, 5.74) is 4.49. The maximum atomic E-state index is 10.5. The van der Waals surface area contributed by atoms with Gasteiger partial charge in [-0.1, -0.05) is 0 Å². The van der Waals surface area contributed by atoms with E-state index in [0.717, 1.165) is 0 Å². The number of nitrogens with zero attached hydrogens (tertiary/aromatic N) is 2. The molecule has 13 heavy (non-hydrogen) atoms. The molecule has 0 spiro atoms. The Balaban J connectivity index is 3.25. The normalized spacial score (nSPS) is 9.23. The first-order valence-electron chi connectivity index (χ1n) is 3.65. The van der Waals surface area contributed by atoms with Crippen LogP contribution < -0.4 is 5.73 Å². The molecule has 0 aliphatic heterocycles. The van der Waals surface area contributed by atoms with Crippen molar-refractivity contribution in [2.45, 2.75) is 6.54 Å². The first-order valence-corrected chi connectivity index (χ1v) is 3.65. The molecular formula is C8H8N3O2+. The number of nitro groups is 1. The minimum Gasteiger partial charge on any atom is -0.354 e. The summed E-state index contributed by atoms with van der Waals surface area (Å²) in [4.78, 5) is 10.0. The van der Waals surface area contributed by atoms with Gasteiger partial charge in [-0.25, -0.2) is 0 Å². The zero-order valence-electron chi connectivity index (χ0n) is 6.86. The quantitative estimate of drug-likeness (QED) is 0.518. The Morgan fingerprint density at radius 1 is 1.62 bits per heavy atom. The van der Waals surface area contributed by atoms with Gasteiger partial charge in [0.1, 0.15) is 6.54 Å². The minimum absolute atomic E-state index is 0.0222. The van der Waals surface area contributed by atoms with E-state index in [1.54, 1.807) is 0 Å². The summed E-state index contributed by atoms with van der Waals surface area (Å²) in [6.45, 7) is 0.311. The lowest BCUT2D eigenvalue weighted by molar-refractivity contribution is -0.403. The number of hydrogen-bond donors (Lipinski definition) is 1. The first-order chi connectivity index (χ1) is 6.19. The molecule has 0 aromatic heterocycles. The average molecular weight is 178 g/mol. The van der Waals surface area contributed by atoms with Crippen molar-refractivity contribution in [3.05, 3.63) is 39.4 Å². The van der Waals surface area contributed by atoms with Gasteiger partial charge in [-0.15, -0.1) is 0 Å². The second kappa shape index (κ2) is 3.65. The molecule has 0 unspecified atom stereocenters. The topological polar surface area (TPSA) is 94.6 Å². The van der Waals surface area contributed by atoms with Crippen molar-refractivity contribution in [3.63, 3.8) is 0 Å². The molecule has 5 heteroatoms. The van der Waals surface area contributed by atoms with Gasteiger partial charge in [-0.05, 0) is 12.1 Å². The van der Waals surface area contributed by atoms with Crippen LogP contribution in [0.2, 0.25) is 0 Å². The Hall–Kier alpha value is -1.93. The van der Waals surface area contributed by atoms with Crippen LogP contribution in [0.15, 0.2) is 18.2 Å². The second-order valence-corrected chi connectivity index (χ2v) is 2.46. The molecule has 1 rings (SSSR count). The number of hydrogen-bond acceptors (Lipinski definition) is 3. The van der Waals surface area contributed by atoms with Crippen LogP contribution in [0.4, 0.5) is 5.69 Å².